The summed E-state index contributed by atoms with van der Waals surface area (Å²) in [5.41, 5.74) is 0. The first-order valence-electron chi connectivity index (χ1n) is 7.38. The summed E-state index contributed by atoms with van der Waals surface area (Å²) in [7, 11) is 4.16. The van der Waals surface area contributed by atoms with Gasteiger partial charge in [-0.2, -0.15) is 0 Å². The third kappa shape index (κ3) is 3.61. The zero-order chi connectivity index (χ0) is 13.0. The molecule has 2 amide bonds. The lowest BCUT2D eigenvalue weighted by Crippen LogP contribution is -2.49. The molecule has 2 rings (SSSR count). The molecule has 0 aromatic heterocycles. The number of amides is 2. The van der Waals surface area contributed by atoms with Crippen LogP contribution in [0.2, 0.25) is 0 Å². The first-order valence-corrected chi connectivity index (χ1v) is 7.38. The van der Waals surface area contributed by atoms with Crippen LogP contribution >= 0.6 is 0 Å². The van der Waals surface area contributed by atoms with Crippen molar-refractivity contribution in [3.8, 4) is 0 Å². The molecule has 1 saturated heterocycles. The number of nitrogens with one attached hydrogen (secondary N) is 1. The first-order chi connectivity index (χ1) is 8.66. The number of hydrogen-bond donors (Lipinski definition) is 1. The van der Waals surface area contributed by atoms with Gasteiger partial charge in [0.25, 0.3) is 0 Å². The van der Waals surface area contributed by atoms with Gasteiger partial charge in [0.2, 0.25) is 0 Å². The number of nitrogens with zero attached hydrogens (tertiary/aromatic N) is 2. The van der Waals surface area contributed by atoms with E-state index in [9.17, 15) is 4.79 Å². The van der Waals surface area contributed by atoms with E-state index in [1.54, 1.807) is 0 Å². The number of urea groups is 1. The Labute approximate surface area is 111 Å². The van der Waals surface area contributed by atoms with Crippen LogP contribution in [0, 0.1) is 0 Å². The van der Waals surface area contributed by atoms with Gasteiger partial charge in [0.05, 0.1) is 0 Å². The molecule has 0 radical (unpaired) electrons. The summed E-state index contributed by atoms with van der Waals surface area (Å²) >= 11 is 0. The van der Waals surface area contributed by atoms with Crippen molar-refractivity contribution >= 4 is 6.03 Å². The van der Waals surface area contributed by atoms with Gasteiger partial charge in [0.15, 0.2) is 0 Å². The second-order valence-corrected chi connectivity index (χ2v) is 6.04. The second-order valence-electron chi connectivity index (χ2n) is 6.04. The van der Waals surface area contributed by atoms with Gasteiger partial charge in [-0.15, -0.1) is 0 Å². The molecule has 4 nitrogen and oxygen atoms in total. The van der Waals surface area contributed by atoms with Crippen molar-refractivity contribution in [1.29, 1.82) is 0 Å². The van der Waals surface area contributed by atoms with Gasteiger partial charge >= 0.3 is 6.03 Å². The van der Waals surface area contributed by atoms with Crippen molar-refractivity contribution in [2.75, 3.05) is 27.2 Å². The van der Waals surface area contributed by atoms with E-state index in [2.05, 4.69) is 29.2 Å². The maximum atomic E-state index is 12.3. The molecule has 2 fully saturated rings. The Balaban J connectivity index is 1.83. The van der Waals surface area contributed by atoms with E-state index in [-0.39, 0.29) is 6.03 Å². The average Bonchev–Trinajstić information content (AvgIpc) is 2.77. The average molecular weight is 253 g/mol. The molecule has 2 aliphatic rings. The Bertz CT molecular complexity index is 274. The summed E-state index contributed by atoms with van der Waals surface area (Å²) in [6, 6.07) is 1.00. The fourth-order valence-corrected chi connectivity index (χ4v) is 3.22. The number of likely N-dealkylation sites (N-methyl/N-ethyl adjacent to an activating group) is 1. The minimum Gasteiger partial charge on any atom is -0.335 e. The molecule has 1 N–H and O–H groups in total. The summed E-state index contributed by atoms with van der Waals surface area (Å²) in [6.45, 7) is 1.91. The Kier molecular flexibility index (Phi) is 4.87. The third-order valence-electron chi connectivity index (χ3n) is 4.15. The van der Waals surface area contributed by atoms with Gasteiger partial charge in [0.1, 0.15) is 0 Å². The molecule has 1 unspecified atom stereocenters. The SMILES string of the molecule is CN(C)CC1CCCN1C(=O)NC1CCCCC1. The summed E-state index contributed by atoms with van der Waals surface area (Å²) < 4.78 is 0. The fraction of sp³-hybridized carbons (Fsp3) is 0.929. The molecular formula is C14H27N3O. The van der Waals surface area contributed by atoms with E-state index < -0.39 is 0 Å². The monoisotopic (exact) mass is 253 g/mol. The maximum Gasteiger partial charge on any atom is 0.317 e. The molecule has 1 aliphatic heterocycles. The number of carbonyl (C=O) groups excluding carboxylic acids is 1. The van der Waals surface area contributed by atoms with Crippen molar-refractivity contribution in [1.82, 2.24) is 15.1 Å². The molecule has 0 spiro atoms. The summed E-state index contributed by atoms with van der Waals surface area (Å²) in [5, 5.41) is 3.23. The van der Waals surface area contributed by atoms with Crippen molar-refractivity contribution in [2.45, 2.75) is 57.0 Å². The molecule has 104 valence electrons. The van der Waals surface area contributed by atoms with Crippen LogP contribution in [-0.4, -0.2) is 55.1 Å². The summed E-state index contributed by atoms with van der Waals surface area (Å²) in [4.78, 5) is 16.5. The molecule has 0 aromatic carbocycles. The van der Waals surface area contributed by atoms with Crippen molar-refractivity contribution in [2.24, 2.45) is 0 Å². The van der Waals surface area contributed by atoms with Crippen LogP contribution in [0.15, 0.2) is 0 Å². The van der Waals surface area contributed by atoms with Crippen molar-refractivity contribution in [3.63, 3.8) is 0 Å². The molecule has 1 atom stereocenters. The Morgan fingerprint density at radius 1 is 1.17 bits per heavy atom. The van der Waals surface area contributed by atoms with Crippen molar-refractivity contribution in [3.05, 3.63) is 0 Å². The Hall–Kier alpha value is -0.770. The second kappa shape index (κ2) is 6.41. The van der Waals surface area contributed by atoms with Crippen LogP contribution in [0.25, 0.3) is 0 Å². The van der Waals surface area contributed by atoms with E-state index >= 15 is 0 Å². The van der Waals surface area contributed by atoms with Crippen molar-refractivity contribution < 1.29 is 4.79 Å². The smallest absolute Gasteiger partial charge is 0.317 e. The van der Waals surface area contributed by atoms with Gasteiger partial charge in [-0.25, -0.2) is 4.79 Å². The van der Waals surface area contributed by atoms with Crippen LogP contribution in [0.3, 0.4) is 0 Å². The molecule has 0 bridgehead atoms. The zero-order valence-electron chi connectivity index (χ0n) is 11.8. The predicted molar refractivity (Wildman–Crippen MR) is 73.7 cm³/mol. The van der Waals surface area contributed by atoms with Gasteiger partial charge in [0, 0.05) is 25.2 Å². The first kappa shape index (κ1) is 13.7. The number of hydrogen-bond acceptors (Lipinski definition) is 2. The predicted octanol–water partition coefficient (Wildman–Crippen LogP) is 2.05. The molecule has 18 heavy (non-hydrogen) atoms. The lowest BCUT2D eigenvalue weighted by molar-refractivity contribution is 0.174. The van der Waals surface area contributed by atoms with Crippen LogP contribution in [0.4, 0.5) is 4.79 Å². The largest absolute Gasteiger partial charge is 0.335 e. The van der Waals surface area contributed by atoms with Gasteiger partial charge in [-0.1, -0.05) is 19.3 Å². The maximum absolute atomic E-state index is 12.3. The van der Waals surface area contributed by atoms with Gasteiger partial charge in [-0.3, -0.25) is 0 Å². The molecular weight excluding hydrogens is 226 g/mol. The fourth-order valence-electron chi connectivity index (χ4n) is 3.22. The molecule has 0 aromatic rings. The van der Waals surface area contributed by atoms with E-state index in [1.165, 1.54) is 19.3 Å². The molecule has 1 aliphatic carbocycles. The topological polar surface area (TPSA) is 35.6 Å². The van der Waals surface area contributed by atoms with Crippen LogP contribution in [0.1, 0.15) is 44.9 Å². The molecule has 4 heteroatoms. The highest BCUT2D eigenvalue weighted by molar-refractivity contribution is 5.75. The minimum atomic E-state index is 0.172. The summed E-state index contributed by atoms with van der Waals surface area (Å²) in [5.74, 6) is 0. The zero-order valence-corrected chi connectivity index (χ0v) is 11.8. The highest BCUT2D eigenvalue weighted by atomic mass is 16.2. The molecule has 1 saturated carbocycles. The van der Waals surface area contributed by atoms with Crippen LogP contribution in [0.5, 0.6) is 0 Å². The van der Waals surface area contributed by atoms with Crippen LogP contribution < -0.4 is 5.32 Å². The van der Waals surface area contributed by atoms with E-state index in [0.717, 1.165) is 38.8 Å². The quantitative estimate of drug-likeness (QED) is 0.835. The minimum absolute atomic E-state index is 0.172. The lowest BCUT2D eigenvalue weighted by atomic mass is 9.96. The van der Waals surface area contributed by atoms with E-state index in [0.29, 0.717) is 12.1 Å². The highest BCUT2D eigenvalue weighted by Crippen LogP contribution is 2.20. The van der Waals surface area contributed by atoms with E-state index in [1.807, 2.05) is 0 Å². The van der Waals surface area contributed by atoms with E-state index in [4.69, 9.17) is 0 Å². The third-order valence-corrected chi connectivity index (χ3v) is 4.15. The standard InChI is InChI=1S/C14H27N3O/c1-16(2)11-13-9-6-10-17(13)14(18)15-12-7-4-3-5-8-12/h12-13H,3-11H2,1-2H3,(H,15,18). The lowest BCUT2D eigenvalue weighted by Gasteiger charge is -2.30. The van der Waals surface area contributed by atoms with Crippen LogP contribution in [-0.2, 0) is 0 Å². The normalized spacial score (nSPS) is 25.7. The number of likely N-dealkylation sites (tertiary alicyclic amines) is 1. The van der Waals surface area contributed by atoms with Gasteiger partial charge < -0.3 is 15.1 Å². The van der Waals surface area contributed by atoms with Gasteiger partial charge in [-0.05, 0) is 39.8 Å². The highest BCUT2D eigenvalue weighted by Gasteiger charge is 2.30. The summed E-state index contributed by atoms with van der Waals surface area (Å²) in [6.07, 6.45) is 8.50. The number of rotatable bonds is 3. The number of carbonyl (C=O) groups is 1. The molecule has 1 heterocycles. The Morgan fingerprint density at radius 2 is 1.89 bits per heavy atom. The Morgan fingerprint density at radius 3 is 2.56 bits per heavy atom.